The van der Waals surface area contributed by atoms with Crippen molar-refractivity contribution in [2.24, 2.45) is 5.41 Å². The molecule has 1 aliphatic carbocycles. The number of rotatable bonds is 8. The van der Waals surface area contributed by atoms with Crippen LogP contribution in [-0.2, 0) is 0 Å². The molecule has 0 amide bonds. The van der Waals surface area contributed by atoms with Crippen LogP contribution in [0.4, 0.5) is 0 Å². The van der Waals surface area contributed by atoms with E-state index in [1.54, 1.807) is 11.1 Å². The van der Waals surface area contributed by atoms with E-state index in [0.29, 0.717) is 17.3 Å². The van der Waals surface area contributed by atoms with Gasteiger partial charge in [0.1, 0.15) is 0 Å². The fourth-order valence-electron chi connectivity index (χ4n) is 5.03. The lowest BCUT2D eigenvalue weighted by Gasteiger charge is -2.38. The highest BCUT2D eigenvalue weighted by atomic mass is 14.5. The average molecular weight is 308 g/mol. The van der Waals surface area contributed by atoms with Gasteiger partial charge in [0, 0.05) is 0 Å². The molecule has 2 radical (unpaired) electrons. The molecule has 1 aromatic carbocycles. The molecule has 1 heteroatoms. The maximum absolute atomic E-state index is 6.00. The first-order chi connectivity index (χ1) is 11.0. The highest BCUT2D eigenvalue weighted by molar-refractivity contribution is 6.08. The summed E-state index contributed by atoms with van der Waals surface area (Å²) in [7, 11) is 6.00. The first kappa shape index (κ1) is 18.4. The Kier molecular flexibility index (Phi) is 6.17. The minimum absolute atomic E-state index is 0.319. The molecule has 1 aliphatic rings. The van der Waals surface area contributed by atoms with Gasteiger partial charge in [-0.15, -0.1) is 0 Å². The van der Waals surface area contributed by atoms with Crippen LogP contribution >= 0.6 is 0 Å². The third kappa shape index (κ3) is 3.44. The van der Waals surface area contributed by atoms with Crippen molar-refractivity contribution in [3.05, 3.63) is 47.0 Å². The number of hydrogen-bond donors (Lipinski definition) is 0. The highest BCUT2D eigenvalue weighted by Crippen LogP contribution is 2.61. The fraction of sp³-hybridized carbons (Fsp3) is 0.636. The van der Waals surface area contributed by atoms with Gasteiger partial charge in [0.05, 0.1) is 7.85 Å². The SMILES string of the molecule is [B]CCC1c2cccc(C)c2C(CC(=C)CCC)C1(C)CCC. The van der Waals surface area contributed by atoms with E-state index in [1.807, 2.05) is 0 Å². The van der Waals surface area contributed by atoms with Crippen molar-refractivity contribution < 1.29 is 0 Å². The molecule has 0 heterocycles. The van der Waals surface area contributed by atoms with Gasteiger partial charge in [-0.2, -0.15) is 0 Å². The minimum Gasteiger partial charge on any atom is -0.0998 e. The van der Waals surface area contributed by atoms with Crippen LogP contribution in [0, 0.1) is 12.3 Å². The highest BCUT2D eigenvalue weighted by Gasteiger charge is 2.48. The third-order valence-corrected chi connectivity index (χ3v) is 6.01. The van der Waals surface area contributed by atoms with E-state index >= 15 is 0 Å². The van der Waals surface area contributed by atoms with Crippen LogP contribution in [0.5, 0.6) is 0 Å². The molecular weight excluding hydrogens is 275 g/mol. The van der Waals surface area contributed by atoms with Crippen molar-refractivity contribution in [1.82, 2.24) is 0 Å². The monoisotopic (exact) mass is 308 g/mol. The van der Waals surface area contributed by atoms with Crippen LogP contribution in [0.15, 0.2) is 30.4 Å². The second kappa shape index (κ2) is 7.73. The van der Waals surface area contributed by atoms with Gasteiger partial charge in [0.25, 0.3) is 0 Å². The molecule has 0 N–H and O–H groups in total. The zero-order valence-corrected chi connectivity index (χ0v) is 15.6. The molecule has 0 bridgehead atoms. The van der Waals surface area contributed by atoms with Crippen LogP contribution in [-0.4, -0.2) is 7.85 Å². The van der Waals surface area contributed by atoms with E-state index in [-0.39, 0.29) is 0 Å². The summed E-state index contributed by atoms with van der Waals surface area (Å²) >= 11 is 0. The van der Waals surface area contributed by atoms with Crippen LogP contribution in [0.25, 0.3) is 0 Å². The molecule has 0 aliphatic heterocycles. The van der Waals surface area contributed by atoms with Crippen LogP contribution in [0.3, 0.4) is 0 Å². The Bertz CT molecular complexity index is 545. The van der Waals surface area contributed by atoms with Crippen molar-refractivity contribution in [3.63, 3.8) is 0 Å². The molecule has 0 saturated carbocycles. The van der Waals surface area contributed by atoms with E-state index in [4.69, 9.17) is 7.85 Å². The fourth-order valence-corrected chi connectivity index (χ4v) is 5.03. The summed E-state index contributed by atoms with van der Waals surface area (Å²) in [5.41, 5.74) is 6.38. The number of benzene rings is 1. The van der Waals surface area contributed by atoms with Gasteiger partial charge >= 0.3 is 0 Å². The predicted octanol–water partition coefficient (Wildman–Crippen LogP) is 6.71. The smallest absolute Gasteiger partial charge is 0.0653 e. The molecule has 124 valence electrons. The van der Waals surface area contributed by atoms with Crippen molar-refractivity contribution in [1.29, 1.82) is 0 Å². The van der Waals surface area contributed by atoms with Crippen molar-refractivity contribution in [2.45, 2.75) is 84.4 Å². The summed E-state index contributed by atoms with van der Waals surface area (Å²) in [6.07, 6.45) is 7.88. The zero-order chi connectivity index (χ0) is 17.0. The molecule has 0 fully saturated rings. The first-order valence-corrected chi connectivity index (χ1v) is 9.45. The lowest BCUT2D eigenvalue weighted by atomic mass is 9.65. The lowest BCUT2D eigenvalue weighted by molar-refractivity contribution is 0.194. The summed E-state index contributed by atoms with van der Waals surface area (Å²) in [5.74, 6) is 1.20. The van der Waals surface area contributed by atoms with Crippen molar-refractivity contribution in [3.8, 4) is 0 Å². The quantitative estimate of drug-likeness (QED) is 0.370. The van der Waals surface area contributed by atoms with E-state index in [0.717, 1.165) is 25.6 Å². The summed E-state index contributed by atoms with van der Waals surface area (Å²) in [4.78, 5) is 0. The number of hydrogen-bond acceptors (Lipinski definition) is 0. The molecule has 23 heavy (non-hydrogen) atoms. The molecule has 3 atom stereocenters. The van der Waals surface area contributed by atoms with Gasteiger partial charge in [-0.1, -0.05) is 76.7 Å². The summed E-state index contributed by atoms with van der Waals surface area (Å²) in [6.45, 7) is 13.7. The zero-order valence-electron chi connectivity index (χ0n) is 15.6. The summed E-state index contributed by atoms with van der Waals surface area (Å²) in [5, 5.41) is 0. The van der Waals surface area contributed by atoms with Gasteiger partial charge in [-0.05, 0) is 60.1 Å². The van der Waals surface area contributed by atoms with Crippen molar-refractivity contribution >= 4 is 7.85 Å². The van der Waals surface area contributed by atoms with Gasteiger partial charge in [0.15, 0.2) is 0 Å². The molecule has 2 rings (SSSR count). The topological polar surface area (TPSA) is 0 Å². The van der Waals surface area contributed by atoms with Gasteiger partial charge < -0.3 is 0 Å². The number of fused-ring (bicyclic) bond motifs is 1. The Labute approximate surface area is 145 Å². The van der Waals surface area contributed by atoms with Crippen LogP contribution in [0.2, 0.25) is 6.32 Å². The normalized spacial score (nSPS) is 26.3. The first-order valence-electron chi connectivity index (χ1n) is 9.45. The summed E-state index contributed by atoms with van der Waals surface area (Å²) < 4.78 is 0. The Morgan fingerprint density at radius 3 is 2.57 bits per heavy atom. The Hall–Kier alpha value is -0.975. The van der Waals surface area contributed by atoms with Gasteiger partial charge in [-0.25, -0.2) is 0 Å². The molecule has 0 spiro atoms. The van der Waals surface area contributed by atoms with Gasteiger partial charge in [0.2, 0.25) is 0 Å². The second-order valence-corrected chi connectivity index (χ2v) is 7.72. The van der Waals surface area contributed by atoms with E-state index in [1.165, 1.54) is 30.4 Å². The van der Waals surface area contributed by atoms with E-state index in [9.17, 15) is 0 Å². The average Bonchev–Trinajstić information content (AvgIpc) is 2.72. The number of aryl methyl sites for hydroxylation is 1. The molecule has 0 nitrogen and oxygen atoms in total. The minimum atomic E-state index is 0.319. The lowest BCUT2D eigenvalue weighted by Crippen LogP contribution is -2.27. The van der Waals surface area contributed by atoms with E-state index in [2.05, 4.69) is 52.5 Å². The largest absolute Gasteiger partial charge is 0.0998 e. The van der Waals surface area contributed by atoms with Crippen LogP contribution < -0.4 is 0 Å². The Balaban J connectivity index is 2.49. The Morgan fingerprint density at radius 1 is 1.22 bits per heavy atom. The molecule has 0 aromatic heterocycles. The van der Waals surface area contributed by atoms with Crippen LogP contribution in [0.1, 0.15) is 87.8 Å². The predicted molar refractivity (Wildman–Crippen MR) is 104 cm³/mol. The third-order valence-electron chi connectivity index (χ3n) is 6.01. The molecule has 0 saturated heterocycles. The second-order valence-electron chi connectivity index (χ2n) is 7.72. The van der Waals surface area contributed by atoms with Crippen molar-refractivity contribution in [2.75, 3.05) is 0 Å². The maximum Gasteiger partial charge on any atom is 0.0653 e. The standard InChI is InChI=1S/C22H33B/c1-6-9-16(3)15-20-21-17(4)10-8-11-18(21)19(12-14-23)22(20,5)13-7-2/h8,10-11,19-20H,3,6-7,9,12-15H2,1-2,4-5H3. The molecule has 3 unspecified atom stereocenters. The number of allylic oxidation sites excluding steroid dienone is 1. The molecule has 1 aromatic rings. The Morgan fingerprint density at radius 2 is 1.96 bits per heavy atom. The maximum atomic E-state index is 6.00. The van der Waals surface area contributed by atoms with Gasteiger partial charge in [-0.3, -0.25) is 0 Å². The molecular formula is C22H33B. The van der Waals surface area contributed by atoms with E-state index < -0.39 is 0 Å². The summed E-state index contributed by atoms with van der Waals surface area (Å²) in [6, 6.07) is 6.87.